The van der Waals surface area contributed by atoms with Crippen LogP contribution in [-0.4, -0.2) is 54.5 Å². The molecule has 0 aliphatic carbocycles. The number of carbonyl (C=O) groups is 2. The fraction of sp³-hybridized carbons (Fsp3) is 0.579. The molecule has 3 unspecified atom stereocenters. The van der Waals surface area contributed by atoms with Crippen LogP contribution in [0.2, 0.25) is 0 Å². The number of para-hydroxylation sites is 1. The monoisotopic (exact) mass is 381 g/mol. The topological polar surface area (TPSA) is 70.7 Å². The average molecular weight is 382 g/mol. The first-order chi connectivity index (χ1) is 12.0. The van der Waals surface area contributed by atoms with Gasteiger partial charge in [0.2, 0.25) is 5.91 Å². The summed E-state index contributed by atoms with van der Waals surface area (Å²) < 4.78 is 5.42. The van der Waals surface area contributed by atoms with Gasteiger partial charge in [0, 0.05) is 25.2 Å². The second-order valence-corrected chi connectivity index (χ2v) is 7.10. The minimum atomic E-state index is -0.551. The molecule has 2 N–H and O–H groups in total. The Morgan fingerprint density at radius 3 is 2.46 bits per heavy atom. The largest absolute Gasteiger partial charge is 0.484 e. The van der Waals surface area contributed by atoms with E-state index in [4.69, 9.17) is 4.74 Å². The molecule has 2 aliphatic heterocycles. The Morgan fingerprint density at radius 1 is 1.23 bits per heavy atom. The first-order valence-corrected chi connectivity index (χ1v) is 9.03. The van der Waals surface area contributed by atoms with Gasteiger partial charge in [-0.2, -0.15) is 0 Å². The molecule has 3 rings (SSSR count). The number of nitrogens with zero attached hydrogens (tertiary/aromatic N) is 1. The van der Waals surface area contributed by atoms with Crippen LogP contribution in [0.3, 0.4) is 0 Å². The summed E-state index contributed by atoms with van der Waals surface area (Å²) in [5, 5.41) is 6.32. The van der Waals surface area contributed by atoms with Gasteiger partial charge in [-0.05, 0) is 44.7 Å². The maximum absolute atomic E-state index is 12.6. The van der Waals surface area contributed by atoms with Crippen LogP contribution in [0.1, 0.15) is 32.6 Å². The lowest BCUT2D eigenvalue weighted by molar-refractivity contribution is -0.137. The predicted molar refractivity (Wildman–Crippen MR) is 103 cm³/mol. The highest BCUT2D eigenvalue weighted by atomic mass is 35.5. The summed E-state index contributed by atoms with van der Waals surface area (Å²) in [5.41, 5.74) is 0. The lowest BCUT2D eigenvalue weighted by atomic mass is 9.98. The van der Waals surface area contributed by atoms with Crippen molar-refractivity contribution in [2.75, 3.05) is 13.7 Å². The molecule has 0 spiro atoms. The number of rotatable bonds is 6. The minimum Gasteiger partial charge on any atom is -0.484 e. The van der Waals surface area contributed by atoms with E-state index >= 15 is 0 Å². The highest BCUT2D eigenvalue weighted by Crippen LogP contribution is 2.29. The van der Waals surface area contributed by atoms with Crippen LogP contribution in [0.15, 0.2) is 30.3 Å². The molecule has 2 amide bonds. The van der Waals surface area contributed by atoms with Gasteiger partial charge in [-0.15, -0.1) is 12.4 Å². The molecule has 7 heteroatoms. The zero-order chi connectivity index (χ0) is 17.8. The smallest absolute Gasteiger partial charge is 0.258 e. The van der Waals surface area contributed by atoms with Crippen molar-refractivity contribution in [3.05, 3.63) is 30.3 Å². The predicted octanol–water partition coefficient (Wildman–Crippen LogP) is 1.73. The molecule has 0 aromatic heterocycles. The van der Waals surface area contributed by atoms with Crippen molar-refractivity contribution >= 4 is 24.2 Å². The maximum Gasteiger partial charge on any atom is 0.258 e. The maximum atomic E-state index is 12.6. The van der Waals surface area contributed by atoms with Crippen molar-refractivity contribution in [3.63, 3.8) is 0 Å². The molecule has 26 heavy (non-hydrogen) atoms. The highest BCUT2D eigenvalue weighted by molar-refractivity contribution is 5.88. The van der Waals surface area contributed by atoms with Crippen LogP contribution in [0.5, 0.6) is 5.75 Å². The van der Waals surface area contributed by atoms with Crippen LogP contribution in [0.4, 0.5) is 0 Å². The molecule has 2 saturated heterocycles. The summed E-state index contributed by atoms with van der Waals surface area (Å²) in [7, 11) is 1.85. The SMILES string of the molecule is CC(NC(=O)COc1ccccc1)C(=O)N(C)C1CC2CCC(C1)N2.Cl. The number of ether oxygens (including phenoxy) is 1. The molecule has 2 fully saturated rings. The summed E-state index contributed by atoms with van der Waals surface area (Å²) in [4.78, 5) is 26.5. The number of hydrogen-bond donors (Lipinski definition) is 2. The Labute approximate surface area is 161 Å². The molecular formula is C19H28ClN3O3. The number of halogens is 1. The number of hydrogen-bond acceptors (Lipinski definition) is 4. The van der Waals surface area contributed by atoms with Crippen molar-refractivity contribution in [2.45, 2.75) is 56.8 Å². The molecule has 0 saturated carbocycles. The van der Waals surface area contributed by atoms with Gasteiger partial charge in [0.15, 0.2) is 6.61 Å². The quantitative estimate of drug-likeness (QED) is 0.787. The molecule has 6 nitrogen and oxygen atoms in total. The van der Waals surface area contributed by atoms with Gasteiger partial charge >= 0.3 is 0 Å². The zero-order valence-corrected chi connectivity index (χ0v) is 16.1. The van der Waals surface area contributed by atoms with Crippen molar-refractivity contribution in [1.29, 1.82) is 0 Å². The fourth-order valence-electron chi connectivity index (χ4n) is 3.84. The van der Waals surface area contributed by atoms with E-state index < -0.39 is 6.04 Å². The zero-order valence-electron chi connectivity index (χ0n) is 15.3. The number of piperidine rings is 1. The van der Waals surface area contributed by atoms with E-state index in [1.807, 2.05) is 30.1 Å². The van der Waals surface area contributed by atoms with E-state index in [0.717, 1.165) is 12.8 Å². The Balaban J connectivity index is 0.00000243. The van der Waals surface area contributed by atoms with Gasteiger partial charge < -0.3 is 20.3 Å². The Hall–Kier alpha value is -1.79. The third-order valence-corrected chi connectivity index (χ3v) is 5.20. The molecule has 0 radical (unpaired) electrons. The lowest BCUT2D eigenvalue weighted by Gasteiger charge is -2.36. The lowest BCUT2D eigenvalue weighted by Crippen LogP contribution is -2.53. The van der Waals surface area contributed by atoms with E-state index in [1.54, 1.807) is 19.1 Å². The fourth-order valence-corrected chi connectivity index (χ4v) is 3.84. The number of likely N-dealkylation sites (N-methyl/N-ethyl adjacent to an activating group) is 1. The van der Waals surface area contributed by atoms with Gasteiger partial charge in [0.1, 0.15) is 11.8 Å². The van der Waals surface area contributed by atoms with E-state index in [9.17, 15) is 9.59 Å². The first-order valence-electron chi connectivity index (χ1n) is 9.03. The Kier molecular flexibility index (Phi) is 7.29. The van der Waals surface area contributed by atoms with Crippen LogP contribution in [0, 0.1) is 0 Å². The molecule has 2 bridgehead atoms. The van der Waals surface area contributed by atoms with Gasteiger partial charge in [-0.3, -0.25) is 9.59 Å². The molecule has 1 aromatic rings. The van der Waals surface area contributed by atoms with Gasteiger partial charge in [-0.1, -0.05) is 18.2 Å². The molecule has 144 valence electrons. The number of amides is 2. The second kappa shape index (κ2) is 9.24. The molecule has 2 aliphatic rings. The van der Waals surface area contributed by atoms with E-state index in [-0.39, 0.29) is 36.9 Å². The van der Waals surface area contributed by atoms with Gasteiger partial charge in [-0.25, -0.2) is 0 Å². The van der Waals surface area contributed by atoms with Crippen LogP contribution >= 0.6 is 12.4 Å². The van der Waals surface area contributed by atoms with E-state index in [0.29, 0.717) is 17.8 Å². The molecular weight excluding hydrogens is 354 g/mol. The van der Waals surface area contributed by atoms with Gasteiger partial charge in [0.25, 0.3) is 5.91 Å². The average Bonchev–Trinajstić information content (AvgIpc) is 2.97. The number of nitrogens with one attached hydrogen (secondary N) is 2. The van der Waals surface area contributed by atoms with Crippen molar-refractivity contribution in [1.82, 2.24) is 15.5 Å². The highest BCUT2D eigenvalue weighted by Gasteiger charge is 2.37. The Bertz CT molecular complexity index is 601. The minimum absolute atomic E-state index is 0. The van der Waals surface area contributed by atoms with Crippen molar-refractivity contribution < 1.29 is 14.3 Å². The number of benzene rings is 1. The van der Waals surface area contributed by atoms with Crippen molar-refractivity contribution in [3.8, 4) is 5.75 Å². The molecule has 1 aromatic carbocycles. The summed E-state index contributed by atoms with van der Waals surface area (Å²) >= 11 is 0. The second-order valence-electron chi connectivity index (χ2n) is 7.10. The standard InChI is InChI=1S/C19H27N3O3.ClH/c1-13(20-18(23)12-25-17-6-4-3-5-7-17)19(24)22(2)16-10-14-8-9-15(11-16)21-14;/h3-7,13-16,21H,8-12H2,1-2H3,(H,20,23);1H. The van der Waals surface area contributed by atoms with E-state index in [1.165, 1.54) is 12.8 Å². The molecule has 2 heterocycles. The van der Waals surface area contributed by atoms with E-state index in [2.05, 4.69) is 10.6 Å². The third-order valence-electron chi connectivity index (χ3n) is 5.20. The van der Waals surface area contributed by atoms with Crippen LogP contribution in [0.25, 0.3) is 0 Å². The van der Waals surface area contributed by atoms with Gasteiger partial charge in [0.05, 0.1) is 0 Å². The summed E-state index contributed by atoms with van der Waals surface area (Å²) in [6, 6.07) is 9.93. The normalized spacial score (nSPS) is 24.9. The number of fused-ring (bicyclic) bond motifs is 2. The van der Waals surface area contributed by atoms with Crippen LogP contribution < -0.4 is 15.4 Å². The van der Waals surface area contributed by atoms with Crippen molar-refractivity contribution in [2.24, 2.45) is 0 Å². The summed E-state index contributed by atoms with van der Waals surface area (Å²) in [6.07, 6.45) is 4.39. The molecule has 3 atom stereocenters. The number of carbonyl (C=O) groups excluding carboxylic acids is 2. The third kappa shape index (κ3) is 5.11. The first kappa shape index (κ1) is 20.5. The van der Waals surface area contributed by atoms with Crippen LogP contribution in [-0.2, 0) is 9.59 Å². The Morgan fingerprint density at radius 2 is 1.85 bits per heavy atom. The summed E-state index contributed by atoms with van der Waals surface area (Å²) in [6.45, 7) is 1.64. The summed E-state index contributed by atoms with van der Waals surface area (Å²) in [5.74, 6) is 0.307.